The highest BCUT2D eigenvalue weighted by Crippen LogP contribution is 2.38. The van der Waals surface area contributed by atoms with Crippen LogP contribution in [0.25, 0.3) is 11.0 Å². The monoisotopic (exact) mass is 316 g/mol. The van der Waals surface area contributed by atoms with Gasteiger partial charge in [-0.2, -0.15) is 8.75 Å². The highest BCUT2D eigenvalue weighted by molar-refractivity contribution is 7.00. The average molecular weight is 317 g/mol. The van der Waals surface area contributed by atoms with Crippen LogP contribution in [0, 0.1) is 0 Å². The van der Waals surface area contributed by atoms with Crippen LogP contribution in [0.2, 0.25) is 10.0 Å². The predicted octanol–water partition coefficient (Wildman–Crippen LogP) is 2.45. The number of nitrogens with two attached hydrogens (primary N) is 1. The normalized spacial score (nSPS) is 20.3. The zero-order chi connectivity index (χ0) is 13.6. The van der Waals surface area contributed by atoms with Crippen molar-refractivity contribution in [2.24, 2.45) is 5.73 Å². The van der Waals surface area contributed by atoms with Crippen molar-refractivity contribution in [3.8, 4) is 0 Å². The van der Waals surface area contributed by atoms with E-state index in [-0.39, 0.29) is 5.91 Å². The van der Waals surface area contributed by atoms with E-state index in [9.17, 15) is 4.79 Å². The first-order valence-corrected chi connectivity index (χ1v) is 7.25. The third kappa shape index (κ3) is 2.08. The fourth-order valence-corrected chi connectivity index (χ4v) is 3.45. The van der Waals surface area contributed by atoms with E-state index in [2.05, 4.69) is 8.75 Å². The number of anilines is 1. The van der Waals surface area contributed by atoms with E-state index in [1.165, 1.54) is 0 Å². The fraction of sp³-hybridized carbons (Fsp3) is 0.364. The van der Waals surface area contributed by atoms with Crippen molar-refractivity contribution < 1.29 is 4.79 Å². The maximum Gasteiger partial charge on any atom is 0.243 e. The van der Waals surface area contributed by atoms with Gasteiger partial charge in [0, 0.05) is 6.54 Å². The summed E-state index contributed by atoms with van der Waals surface area (Å²) in [6.07, 6.45) is 1.53. The molecule has 5 nitrogen and oxygen atoms in total. The summed E-state index contributed by atoms with van der Waals surface area (Å²) in [5.41, 5.74) is 7.50. The number of halogens is 2. The van der Waals surface area contributed by atoms with Gasteiger partial charge < -0.3 is 10.6 Å². The SMILES string of the molecule is NC1CCCN(c2c(Cl)cc(Cl)c3nsnc23)C1=O. The summed E-state index contributed by atoms with van der Waals surface area (Å²) in [5, 5.41) is 0.832. The van der Waals surface area contributed by atoms with Gasteiger partial charge in [-0.3, -0.25) is 4.79 Å². The Morgan fingerprint density at radius 2 is 2.05 bits per heavy atom. The summed E-state index contributed by atoms with van der Waals surface area (Å²) in [5.74, 6) is -0.134. The van der Waals surface area contributed by atoms with Crippen LogP contribution < -0.4 is 10.6 Å². The highest BCUT2D eigenvalue weighted by Gasteiger charge is 2.30. The molecule has 1 fully saturated rings. The standard InChI is InChI=1S/C11H10Cl2N4OS/c12-5-4-6(13)10(9-8(5)15-19-16-9)17-3-1-2-7(14)11(17)18/h4,7H,1-3,14H2. The lowest BCUT2D eigenvalue weighted by atomic mass is 10.0. The molecule has 2 N–H and O–H groups in total. The number of aromatic nitrogens is 2. The molecule has 1 saturated heterocycles. The Hall–Kier alpha value is -0.950. The number of hydrogen-bond donors (Lipinski definition) is 1. The maximum atomic E-state index is 12.2. The van der Waals surface area contributed by atoms with E-state index in [1.54, 1.807) is 11.0 Å². The van der Waals surface area contributed by atoms with Crippen LogP contribution in [0.4, 0.5) is 5.69 Å². The molecule has 1 atom stereocenters. The Bertz CT molecular complexity index is 659. The van der Waals surface area contributed by atoms with E-state index >= 15 is 0 Å². The van der Waals surface area contributed by atoms with Crippen molar-refractivity contribution in [3.63, 3.8) is 0 Å². The molecule has 2 heterocycles. The first kappa shape index (κ1) is 13.1. The van der Waals surface area contributed by atoms with Gasteiger partial charge in [0.25, 0.3) is 0 Å². The summed E-state index contributed by atoms with van der Waals surface area (Å²) >= 11 is 13.3. The number of benzene rings is 1. The second kappa shape index (κ2) is 4.86. The molecule has 2 aromatic rings. The minimum Gasteiger partial charge on any atom is -0.320 e. The molecule has 1 aromatic heterocycles. The number of rotatable bonds is 1. The molecule has 3 rings (SSSR count). The third-order valence-electron chi connectivity index (χ3n) is 3.17. The van der Waals surface area contributed by atoms with Crippen LogP contribution in [0.5, 0.6) is 0 Å². The number of carbonyl (C=O) groups excluding carboxylic acids is 1. The van der Waals surface area contributed by atoms with Gasteiger partial charge in [-0.25, -0.2) is 0 Å². The quantitative estimate of drug-likeness (QED) is 0.877. The first-order valence-electron chi connectivity index (χ1n) is 5.77. The number of fused-ring (bicyclic) bond motifs is 1. The molecule has 1 amide bonds. The number of carbonyl (C=O) groups is 1. The topological polar surface area (TPSA) is 72.1 Å². The largest absolute Gasteiger partial charge is 0.320 e. The Kier molecular flexibility index (Phi) is 3.34. The van der Waals surface area contributed by atoms with Crippen molar-refractivity contribution in [2.75, 3.05) is 11.4 Å². The van der Waals surface area contributed by atoms with E-state index in [4.69, 9.17) is 28.9 Å². The van der Waals surface area contributed by atoms with Crippen molar-refractivity contribution in [2.45, 2.75) is 18.9 Å². The van der Waals surface area contributed by atoms with Gasteiger partial charge in [0.15, 0.2) is 0 Å². The van der Waals surface area contributed by atoms with Crippen molar-refractivity contribution in [3.05, 3.63) is 16.1 Å². The molecule has 0 bridgehead atoms. The predicted molar refractivity (Wildman–Crippen MR) is 77.0 cm³/mol. The van der Waals surface area contributed by atoms with Gasteiger partial charge in [0.2, 0.25) is 5.91 Å². The molecule has 0 saturated carbocycles. The molecule has 8 heteroatoms. The van der Waals surface area contributed by atoms with E-state index in [0.717, 1.165) is 18.1 Å². The molecule has 1 unspecified atom stereocenters. The van der Waals surface area contributed by atoms with Gasteiger partial charge in [0.1, 0.15) is 11.0 Å². The molecule has 0 spiro atoms. The molecule has 100 valence electrons. The van der Waals surface area contributed by atoms with E-state index < -0.39 is 6.04 Å². The maximum absolute atomic E-state index is 12.2. The highest BCUT2D eigenvalue weighted by atomic mass is 35.5. The minimum atomic E-state index is -0.484. The Morgan fingerprint density at radius 3 is 2.84 bits per heavy atom. The van der Waals surface area contributed by atoms with Gasteiger partial charge in [-0.1, -0.05) is 23.2 Å². The summed E-state index contributed by atoms with van der Waals surface area (Å²) in [7, 11) is 0. The van der Waals surface area contributed by atoms with Crippen LogP contribution in [-0.2, 0) is 4.79 Å². The summed E-state index contributed by atoms with van der Waals surface area (Å²) in [6.45, 7) is 0.584. The van der Waals surface area contributed by atoms with Gasteiger partial charge in [-0.05, 0) is 18.9 Å². The van der Waals surface area contributed by atoms with Crippen LogP contribution in [0.15, 0.2) is 6.07 Å². The number of piperidine rings is 1. The molecular weight excluding hydrogens is 307 g/mol. The van der Waals surface area contributed by atoms with Crippen LogP contribution in [-0.4, -0.2) is 27.2 Å². The van der Waals surface area contributed by atoms with Crippen LogP contribution in [0.1, 0.15) is 12.8 Å². The average Bonchev–Trinajstić information content (AvgIpc) is 2.84. The van der Waals surface area contributed by atoms with Gasteiger partial charge in [-0.15, -0.1) is 0 Å². The third-order valence-corrected chi connectivity index (χ3v) is 4.27. The second-order valence-corrected chi connectivity index (χ2v) is 5.73. The molecule has 1 aliphatic heterocycles. The van der Waals surface area contributed by atoms with Gasteiger partial charge in [0.05, 0.1) is 33.5 Å². The van der Waals surface area contributed by atoms with Crippen LogP contribution >= 0.6 is 34.9 Å². The number of amides is 1. The summed E-state index contributed by atoms with van der Waals surface area (Å²) in [4.78, 5) is 13.8. The second-order valence-electron chi connectivity index (χ2n) is 4.39. The summed E-state index contributed by atoms with van der Waals surface area (Å²) < 4.78 is 8.33. The summed E-state index contributed by atoms with van der Waals surface area (Å²) in [6, 6.07) is 1.11. The van der Waals surface area contributed by atoms with Gasteiger partial charge >= 0.3 is 0 Å². The number of hydrogen-bond acceptors (Lipinski definition) is 5. The minimum absolute atomic E-state index is 0.134. The number of nitrogens with zero attached hydrogens (tertiary/aromatic N) is 3. The van der Waals surface area contributed by atoms with E-state index in [1.807, 2.05) is 0 Å². The van der Waals surface area contributed by atoms with Crippen molar-refractivity contribution in [1.29, 1.82) is 0 Å². The first-order chi connectivity index (χ1) is 9.09. The Labute approximate surface area is 123 Å². The smallest absolute Gasteiger partial charge is 0.243 e. The molecule has 19 heavy (non-hydrogen) atoms. The fourth-order valence-electron chi connectivity index (χ4n) is 2.24. The Morgan fingerprint density at radius 1 is 1.32 bits per heavy atom. The zero-order valence-electron chi connectivity index (χ0n) is 9.77. The molecule has 0 aliphatic carbocycles. The molecule has 1 aliphatic rings. The Balaban J connectivity index is 2.19. The lowest BCUT2D eigenvalue weighted by Gasteiger charge is -2.31. The zero-order valence-corrected chi connectivity index (χ0v) is 12.1. The molecular formula is C11H10Cl2N4OS. The van der Waals surface area contributed by atoms with Crippen LogP contribution in [0.3, 0.4) is 0 Å². The molecule has 1 aromatic carbocycles. The van der Waals surface area contributed by atoms with E-state index in [0.29, 0.717) is 39.7 Å². The van der Waals surface area contributed by atoms with Crippen molar-refractivity contribution >= 4 is 57.6 Å². The lowest BCUT2D eigenvalue weighted by Crippen LogP contribution is -2.48. The lowest BCUT2D eigenvalue weighted by molar-refractivity contribution is -0.120. The molecule has 0 radical (unpaired) electrons. The van der Waals surface area contributed by atoms with Crippen molar-refractivity contribution in [1.82, 2.24) is 8.75 Å².